The van der Waals surface area contributed by atoms with Crippen LogP contribution in [-0.2, 0) is 15.6 Å². The Morgan fingerprint density at radius 3 is 1.90 bits per heavy atom. The zero-order valence-electron chi connectivity index (χ0n) is 13.7. The Morgan fingerprint density at radius 2 is 1.52 bits per heavy atom. The smallest absolute Gasteiger partial charge is 0.437 e. The Hall–Kier alpha value is -1.91. The van der Waals surface area contributed by atoms with Gasteiger partial charge in [-0.25, -0.2) is 4.79 Å². The van der Waals surface area contributed by atoms with Crippen molar-refractivity contribution in [2.24, 2.45) is 5.18 Å². The van der Waals surface area contributed by atoms with E-state index in [-0.39, 0.29) is 16.5 Å². The molecule has 0 aliphatic carbocycles. The van der Waals surface area contributed by atoms with Gasteiger partial charge in [-0.05, 0) is 27.6 Å². The summed E-state index contributed by atoms with van der Waals surface area (Å²) < 4.78 is 9.69. The van der Waals surface area contributed by atoms with E-state index < -0.39 is 6.16 Å². The van der Waals surface area contributed by atoms with E-state index in [1.165, 1.54) is 13.2 Å². The first-order chi connectivity index (χ1) is 9.50. The number of carbonyl (C=O) groups is 1. The molecule has 0 unspecified atom stereocenters. The summed E-state index contributed by atoms with van der Waals surface area (Å²) in [7, 11) is 1.24. The maximum absolute atomic E-state index is 11.4. The lowest BCUT2D eigenvalue weighted by molar-refractivity contribution is 0.120. The van der Waals surface area contributed by atoms with Gasteiger partial charge in [-0.3, -0.25) is 0 Å². The third-order valence-electron chi connectivity index (χ3n) is 3.17. The van der Waals surface area contributed by atoms with Crippen molar-refractivity contribution in [1.29, 1.82) is 0 Å². The van der Waals surface area contributed by atoms with Crippen LogP contribution in [0.5, 0.6) is 5.75 Å². The predicted octanol–water partition coefficient (Wildman–Crippen LogP) is 4.82. The monoisotopic (exact) mass is 293 g/mol. The molecule has 0 spiro atoms. The Balaban J connectivity index is 3.57. The summed E-state index contributed by atoms with van der Waals surface area (Å²) in [6.07, 6.45) is -0.819. The van der Waals surface area contributed by atoms with Crippen molar-refractivity contribution in [3.05, 3.63) is 28.2 Å². The number of rotatable bonds is 2. The summed E-state index contributed by atoms with van der Waals surface area (Å²) in [4.78, 5) is 22.5. The van der Waals surface area contributed by atoms with Crippen LogP contribution < -0.4 is 4.74 Å². The van der Waals surface area contributed by atoms with Crippen LogP contribution in [0.4, 0.5) is 10.5 Å². The van der Waals surface area contributed by atoms with E-state index >= 15 is 0 Å². The lowest BCUT2D eigenvalue weighted by Crippen LogP contribution is -2.19. The molecule has 0 amide bonds. The lowest BCUT2D eigenvalue weighted by atomic mass is 9.79. The van der Waals surface area contributed by atoms with E-state index in [1.54, 1.807) is 0 Å². The van der Waals surface area contributed by atoms with Crippen molar-refractivity contribution in [2.75, 3.05) is 7.11 Å². The predicted molar refractivity (Wildman–Crippen MR) is 82.3 cm³/mol. The molecule has 1 rings (SSSR count). The van der Waals surface area contributed by atoms with E-state index in [4.69, 9.17) is 4.74 Å². The van der Waals surface area contributed by atoms with Gasteiger partial charge in [-0.1, -0.05) is 41.5 Å². The third kappa shape index (κ3) is 4.03. The number of methoxy groups -OCH3 is 1. The molecular formula is C16H23NO4. The molecular weight excluding hydrogens is 270 g/mol. The van der Waals surface area contributed by atoms with Gasteiger partial charge in [0.15, 0.2) is 0 Å². The Labute approximate surface area is 125 Å². The molecule has 0 aliphatic rings. The summed E-state index contributed by atoms with van der Waals surface area (Å²) >= 11 is 0. The Bertz CT molecular complexity index is 551. The van der Waals surface area contributed by atoms with Crippen LogP contribution in [0.25, 0.3) is 0 Å². The zero-order chi connectivity index (χ0) is 16.4. The topological polar surface area (TPSA) is 65.0 Å². The van der Waals surface area contributed by atoms with E-state index in [9.17, 15) is 9.70 Å². The van der Waals surface area contributed by atoms with Crippen molar-refractivity contribution >= 4 is 11.8 Å². The number of hydrogen-bond donors (Lipinski definition) is 0. The average molecular weight is 293 g/mol. The second kappa shape index (κ2) is 5.84. The van der Waals surface area contributed by atoms with Crippen molar-refractivity contribution in [3.8, 4) is 5.75 Å². The van der Waals surface area contributed by atoms with Gasteiger partial charge in [0.2, 0.25) is 0 Å². The zero-order valence-corrected chi connectivity index (χ0v) is 13.7. The molecule has 0 saturated carbocycles. The quantitative estimate of drug-likeness (QED) is 0.445. The molecule has 0 N–H and O–H groups in total. The van der Waals surface area contributed by atoms with E-state index in [0.29, 0.717) is 5.75 Å². The highest BCUT2D eigenvalue weighted by molar-refractivity contribution is 5.67. The number of nitroso groups, excluding NO2 is 1. The van der Waals surface area contributed by atoms with Crippen molar-refractivity contribution in [2.45, 2.75) is 52.4 Å². The minimum atomic E-state index is -0.819. The summed E-state index contributed by atoms with van der Waals surface area (Å²) in [5, 5.41) is 3.07. The summed E-state index contributed by atoms with van der Waals surface area (Å²) in [6, 6.07) is 3.39. The number of hydrogen-bond acceptors (Lipinski definition) is 5. The van der Waals surface area contributed by atoms with E-state index in [1.807, 2.05) is 47.6 Å². The minimum Gasteiger partial charge on any atom is -0.437 e. The van der Waals surface area contributed by atoms with Gasteiger partial charge in [0, 0.05) is 11.6 Å². The highest BCUT2D eigenvalue weighted by atomic mass is 16.7. The summed E-state index contributed by atoms with van der Waals surface area (Å²) in [5.41, 5.74) is 1.41. The van der Waals surface area contributed by atoms with Gasteiger partial charge in [-0.15, -0.1) is 4.91 Å². The third-order valence-corrected chi connectivity index (χ3v) is 3.17. The summed E-state index contributed by atoms with van der Waals surface area (Å²) in [6.45, 7) is 12.0. The highest BCUT2D eigenvalue weighted by Gasteiger charge is 2.27. The van der Waals surface area contributed by atoms with E-state index in [0.717, 1.165) is 11.1 Å². The maximum Gasteiger partial charge on any atom is 0.513 e. The Kier molecular flexibility index (Phi) is 4.76. The molecule has 0 saturated heterocycles. The first kappa shape index (κ1) is 17.1. The largest absolute Gasteiger partial charge is 0.513 e. The van der Waals surface area contributed by atoms with Crippen molar-refractivity contribution < 1.29 is 14.3 Å². The fraction of sp³-hybridized carbons (Fsp3) is 0.562. The van der Waals surface area contributed by atoms with Gasteiger partial charge in [0.05, 0.1) is 7.11 Å². The fourth-order valence-electron chi connectivity index (χ4n) is 2.05. The van der Waals surface area contributed by atoms with Crippen LogP contribution in [0.2, 0.25) is 0 Å². The maximum atomic E-state index is 11.4. The first-order valence-electron chi connectivity index (χ1n) is 6.79. The molecule has 0 aliphatic heterocycles. The molecule has 0 fully saturated rings. The molecule has 0 heterocycles. The number of ether oxygens (including phenoxy) is 2. The average Bonchev–Trinajstić information content (AvgIpc) is 2.35. The SMILES string of the molecule is COC(=O)Oc1cc(N=O)c(C(C)(C)C)cc1C(C)(C)C. The number of carbonyl (C=O) groups excluding carboxylic acids is 1. The fourth-order valence-corrected chi connectivity index (χ4v) is 2.05. The van der Waals surface area contributed by atoms with Gasteiger partial charge in [0.25, 0.3) is 0 Å². The van der Waals surface area contributed by atoms with Crippen molar-refractivity contribution in [1.82, 2.24) is 0 Å². The van der Waals surface area contributed by atoms with Crippen LogP contribution >= 0.6 is 0 Å². The molecule has 5 nitrogen and oxygen atoms in total. The van der Waals surface area contributed by atoms with Crippen LogP contribution in [-0.4, -0.2) is 13.3 Å². The van der Waals surface area contributed by atoms with Gasteiger partial charge in [-0.2, -0.15) is 0 Å². The number of nitrogens with zero attached hydrogens (tertiary/aromatic N) is 1. The minimum absolute atomic E-state index is 0.243. The van der Waals surface area contributed by atoms with Gasteiger partial charge >= 0.3 is 6.16 Å². The molecule has 0 bridgehead atoms. The van der Waals surface area contributed by atoms with Gasteiger partial charge in [0.1, 0.15) is 11.4 Å². The molecule has 5 heteroatoms. The van der Waals surface area contributed by atoms with E-state index in [2.05, 4.69) is 9.91 Å². The van der Waals surface area contributed by atoms with Crippen LogP contribution in [0.15, 0.2) is 17.3 Å². The lowest BCUT2D eigenvalue weighted by Gasteiger charge is -2.27. The summed E-state index contributed by atoms with van der Waals surface area (Å²) in [5.74, 6) is 0.303. The second-order valence-electron chi connectivity index (χ2n) is 7.01. The number of benzene rings is 1. The second-order valence-corrected chi connectivity index (χ2v) is 7.01. The molecule has 0 atom stereocenters. The van der Waals surface area contributed by atoms with Crippen LogP contribution in [0.1, 0.15) is 52.7 Å². The molecule has 0 aromatic heterocycles. The highest BCUT2D eigenvalue weighted by Crippen LogP contribution is 2.41. The van der Waals surface area contributed by atoms with Crippen LogP contribution in [0, 0.1) is 4.91 Å². The molecule has 1 aromatic rings. The Morgan fingerprint density at radius 1 is 1.00 bits per heavy atom. The van der Waals surface area contributed by atoms with Gasteiger partial charge < -0.3 is 9.47 Å². The molecule has 116 valence electrons. The normalized spacial score (nSPS) is 12.0. The molecule has 1 aromatic carbocycles. The van der Waals surface area contributed by atoms with Crippen molar-refractivity contribution in [3.63, 3.8) is 0 Å². The standard InChI is InChI=1S/C16H23NO4/c1-15(2,3)10-8-11(16(4,5)6)13(9-12(10)17-19)21-14(18)20-7/h8-9H,1-7H3. The van der Waals surface area contributed by atoms with Crippen LogP contribution in [0.3, 0.4) is 0 Å². The first-order valence-corrected chi connectivity index (χ1v) is 6.79. The molecule has 21 heavy (non-hydrogen) atoms. The molecule has 0 radical (unpaired) electrons.